The summed E-state index contributed by atoms with van der Waals surface area (Å²) in [5.41, 5.74) is 0.0792. The van der Waals surface area contributed by atoms with E-state index in [2.05, 4.69) is 23.6 Å². The number of methoxy groups -OCH3 is 1. The van der Waals surface area contributed by atoms with Crippen molar-refractivity contribution in [1.82, 2.24) is 9.88 Å². The van der Waals surface area contributed by atoms with Crippen LogP contribution in [0.25, 0.3) is 0 Å². The molecule has 0 radical (unpaired) electrons. The van der Waals surface area contributed by atoms with Crippen LogP contribution in [0.3, 0.4) is 0 Å². The summed E-state index contributed by atoms with van der Waals surface area (Å²) < 4.78 is 4.64. The SMILES string of the molecule is CCC(CC)CN(CC(=O)OC)C(=O)c1ccc(=O)[nH]c1. The van der Waals surface area contributed by atoms with Gasteiger partial charge in [0.05, 0.1) is 12.7 Å². The monoisotopic (exact) mass is 294 g/mol. The highest BCUT2D eigenvalue weighted by Gasteiger charge is 2.21. The van der Waals surface area contributed by atoms with E-state index in [0.717, 1.165) is 12.8 Å². The molecule has 116 valence electrons. The van der Waals surface area contributed by atoms with Gasteiger partial charge in [-0.3, -0.25) is 14.4 Å². The third kappa shape index (κ3) is 5.06. The van der Waals surface area contributed by atoms with Gasteiger partial charge in [-0.25, -0.2) is 0 Å². The fourth-order valence-electron chi connectivity index (χ4n) is 2.02. The van der Waals surface area contributed by atoms with Crippen LogP contribution in [0.5, 0.6) is 0 Å². The Bertz CT molecular complexity index is 514. The Morgan fingerprint density at radius 1 is 1.29 bits per heavy atom. The van der Waals surface area contributed by atoms with Gasteiger partial charge in [-0.1, -0.05) is 26.7 Å². The van der Waals surface area contributed by atoms with E-state index in [1.54, 1.807) is 0 Å². The highest BCUT2D eigenvalue weighted by Crippen LogP contribution is 2.12. The predicted octanol–water partition coefficient (Wildman–Crippen LogP) is 1.43. The third-order valence-electron chi connectivity index (χ3n) is 3.50. The molecule has 0 aliphatic rings. The topological polar surface area (TPSA) is 79.5 Å². The molecule has 21 heavy (non-hydrogen) atoms. The lowest BCUT2D eigenvalue weighted by molar-refractivity contribution is -0.141. The van der Waals surface area contributed by atoms with Gasteiger partial charge in [0.25, 0.3) is 5.91 Å². The van der Waals surface area contributed by atoms with Crippen molar-refractivity contribution in [2.24, 2.45) is 5.92 Å². The highest BCUT2D eigenvalue weighted by atomic mass is 16.5. The van der Waals surface area contributed by atoms with Gasteiger partial charge in [-0.2, -0.15) is 0 Å². The van der Waals surface area contributed by atoms with E-state index in [-0.39, 0.29) is 18.0 Å². The Kier molecular flexibility index (Phi) is 6.65. The lowest BCUT2D eigenvalue weighted by atomic mass is 10.0. The van der Waals surface area contributed by atoms with Crippen molar-refractivity contribution >= 4 is 11.9 Å². The van der Waals surface area contributed by atoms with Crippen molar-refractivity contribution in [3.63, 3.8) is 0 Å². The lowest BCUT2D eigenvalue weighted by Gasteiger charge is -2.25. The summed E-state index contributed by atoms with van der Waals surface area (Å²) in [7, 11) is 1.29. The second kappa shape index (κ2) is 8.24. The van der Waals surface area contributed by atoms with Crippen molar-refractivity contribution in [2.45, 2.75) is 26.7 Å². The van der Waals surface area contributed by atoms with Crippen LogP contribution in [0.4, 0.5) is 0 Å². The van der Waals surface area contributed by atoms with E-state index in [4.69, 9.17) is 0 Å². The summed E-state index contributed by atoms with van der Waals surface area (Å²) in [5.74, 6) is -0.427. The Labute approximate surface area is 124 Å². The van der Waals surface area contributed by atoms with Gasteiger partial charge in [0.1, 0.15) is 6.54 Å². The number of rotatable bonds is 7. The van der Waals surface area contributed by atoms with E-state index in [1.807, 2.05) is 0 Å². The maximum Gasteiger partial charge on any atom is 0.325 e. The van der Waals surface area contributed by atoms with Gasteiger partial charge in [0, 0.05) is 18.8 Å². The number of nitrogens with one attached hydrogen (secondary N) is 1. The number of aromatic nitrogens is 1. The van der Waals surface area contributed by atoms with Crippen LogP contribution in [0.1, 0.15) is 37.0 Å². The minimum absolute atomic E-state index is 0.0923. The average Bonchev–Trinajstić information content (AvgIpc) is 2.51. The number of pyridine rings is 1. The van der Waals surface area contributed by atoms with Gasteiger partial charge in [-0.05, 0) is 12.0 Å². The molecule has 6 heteroatoms. The van der Waals surface area contributed by atoms with E-state index < -0.39 is 5.97 Å². The molecule has 1 rings (SSSR count). The number of hydrogen-bond acceptors (Lipinski definition) is 4. The summed E-state index contributed by atoms with van der Waals surface area (Å²) >= 11 is 0. The molecule has 1 aromatic rings. The number of carbonyl (C=O) groups excluding carboxylic acids is 2. The van der Waals surface area contributed by atoms with Crippen LogP contribution in [-0.4, -0.2) is 42.0 Å². The maximum absolute atomic E-state index is 12.5. The zero-order valence-corrected chi connectivity index (χ0v) is 12.7. The zero-order valence-electron chi connectivity index (χ0n) is 12.7. The molecule has 0 fully saturated rings. The molecule has 0 aromatic carbocycles. The van der Waals surface area contributed by atoms with Crippen LogP contribution in [0, 0.1) is 5.92 Å². The standard InChI is InChI=1S/C15H22N2O4/c1-4-11(5-2)9-17(10-14(19)21-3)15(20)12-6-7-13(18)16-8-12/h6-8,11H,4-5,9-10H2,1-3H3,(H,16,18). The smallest absolute Gasteiger partial charge is 0.325 e. The van der Waals surface area contributed by atoms with Gasteiger partial charge >= 0.3 is 5.97 Å². The Hall–Kier alpha value is -2.11. The first-order valence-corrected chi connectivity index (χ1v) is 7.06. The number of H-pyrrole nitrogens is 1. The molecular formula is C15H22N2O4. The molecule has 1 heterocycles. The van der Waals surface area contributed by atoms with Crippen LogP contribution < -0.4 is 5.56 Å². The van der Waals surface area contributed by atoms with Gasteiger partial charge in [0.15, 0.2) is 0 Å². The van der Waals surface area contributed by atoms with Crippen molar-refractivity contribution in [3.8, 4) is 0 Å². The first-order chi connectivity index (χ1) is 10.0. The number of ether oxygens (including phenoxy) is 1. The fraction of sp³-hybridized carbons (Fsp3) is 0.533. The molecule has 0 saturated carbocycles. The zero-order chi connectivity index (χ0) is 15.8. The molecule has 0 bridgehead atoms. The second-order valence-electron chi connectivity index (χ2n) is 4.89. The minimum atomic E-state index is -0.460. The molecule has 1 amide bonds. The molecule has 0 saturated heterocycles. The van der Waals surface area contributed by atoms with Crippen molar-refractivity contribution < 1.29 is 14.3 Å². The van der Waals surface area contributed by atoms with Crippen LogP contribution in [0.15, 0.2) is 23.1 Å². The first-order valence-electron chi connectivity index (χ1n) is 7.06. The normalized spacial score (nSPS) is 10.5. The summed E-state index contributed by atoms with van der Waals surface area (Å²) in [6.07, 6.45) is 3.21. The Morgan fingerprint density at radius 2 is 1.95 bits per heavy atom. The van der Waals surface area contributed by atoms with Crippen LogP contribution in [0.2, 0.25) is 0 Å². The molecular weight excluding hydrogens is 272 g/mol. The second-order valence-corrected chi connectivity index (χ2v) is 4.89. The highest BCUT2D eigenvalue weighted by molar-refractivity contribution is 5.95. The van der Waals surface area contributed by atoms with Gasteiger partial charge in [-0.15, -0.1) is 0 Å². The third-order valence-corrected chi connectivity index (χ3v) is 3.50. The quantitative estimate of drug-likeness (QED) is 0.771. The molecule has 1 N–H and O–H groups in total. The lowest BCUT2D eigenvalue weighted by Crippen LogP contribution is -2.39. The summed E-state index contributed by atoms with van der Waals surface area (Å²) in [6.45, 7) is 4.49. The summed E-state index contributed by atoms with van der Waals surface area (Å²) in [4.78, 5) is 39.0. The number of carbonyl (C=O) groups is 2. The summed E-state index contributed by atoms with van der Waals surface area (Å²) in [5, 5.41) is 0. The van der Waals surface area contributed by atoms with Crippen LogP contribution in [-0.2, 0) is 9.53 Å². The number of hydrogen-bond donors (Lipinski definition) is 1. The maximum atomic E-state index is 12.5. The summed E-state index contributed by atoms with van der Waals surface area (Å²) in [6, 6.07) is 2.75. The van der Waals surface area contributed by atoms with Gasteiger partial charge < -0.3 is 14.6 Å². The number of esters is 1. The molecule has 0 aliphatic heterocycles. The largest absolute Gasteiger partial charge is 0.468 e. The average molecular weight is 294 g/mol. The first kappa shape index (κ1) is 16.9. The number of aromatic amines is 1. The van der Waals surface area contributed by atoms with E-state index in [9.17, 15) is 14.4 Å². The van der Waals surface area contributed by atoms with E-state index in [1.165, 1.54) is 30.3 Å². The van der Waals surface area contributed by atoms with E-state index in [0.29, 0.717) is 18.0 Å². The van der Waals surface area contributed by atoms with Crippen LogP contribution >= 0.6 is 0 Å². The minimum Gasteiger partial charge on any atom is -0.468 e. The van der Waals surface area contributed by atoms with E-state index >= 15 is 0 Å². The van der Waals surface area contributed by atoms with Crippen molar-refractivity contribution in [3.05, 3.63) is 34.2 Å². The predicted molar refractivity (Wildman–Crippen MR) is 79.1 cm³/mol. The van der Waals surface area contributed by atoms with Gasteiger partial charge in [0.2, 0.25) is 5.56 Å². The fourth-order valence-corrected chi connectivity index (χ4v) is 2.02. The molecule has 0 aliphatic carbocycles. The number of nitrogens with zero attached hydrogens (tertiary/aromatic N) is 1. The molecule has 1 aromatic heterocycles. The molecule has 0 unspecified atom stereocenters. The Morgan fingerprint density at radius 3 is 2.43 bits per heavy atom. The molecule has 0 atom stereocenters. The van der Waals surface area contributed by atoms with Crippen molar-refractivity contribution in [1.29, 1.82) is 0 Å². The number of amides is 1. The Balaban J connectivity index is 2.93. The molecule has 6 nitrogen and oxygen atoms in total. The molecule has 0 spiro atoms. The van der Waals surface area contributed by atoms with Crippen molar-refractivity contribution in [2.75, 3.05) is 20.2 Å².